The van der Waals surface area contributed by atoms with E-state index in [4.69, 9.17) is 28.0 Å². The molecule has 0 radical (unpaired) electrons. The number of aromatic nitrogens is 5. The molecule has 0 aliphatic heterocycles. The minimum Gasteiger partial charge on any atom is -0.394 e. The Bertz CT molecular complexity index is 1970. The van der Waals surface area contributed by atoms with Crippen molar-refractivity contribution in [3.8, 4) is 0 Å². The number of hydrogen-bond acceptors (Lipinski definition) is 10. The summed E-state index contributed by atoms with van der Waals surface area (Å²) in [5, 5.41) is 41.0. The quantitative estimate of drug-likeness (QED) is 0.226. The molecule has 0 saturated heterocycles. The molecule has 0 bridgehead atoms. The van der Waals surface area contributed by atoms with Crippen LogP contribution in [0, 0.1) is 12.7 Å². The van der Waals surface area contributed by atoms with Crippen LogP contribution in [0.15, 0.2) is 23.3 Å². The summed E-state index contributed by atoms with van der Waals surface area (Å²) in [6.07, 6.45) is -21.3. The summed E-state index contributed by atoms with van der Waals surface area (Å²) >= 11 is 0.0177. The topological polar surface area (TPSA) is 138 Å². The van der Waals surface area contributed by atoms with Gasteiger partial charge in [-0.05, 0) is 36.8 Å². The summed E-state index contributed by atoms with van der Waals surface area (Å²) < 4.78 is 160. The van der Waals surface area contributed by atoms with Gasteiger partial charge in [-0.2, -0.15) is 0 Å². The van der Waals surface area contributed by atoms with Gasteiger partial charge in [-0.1, -0.05) is 36.0 Å². The second-order valence-corrected chi connectivity index (χ2v) is 8.20. The molecular formula is C24H31FN6O4S. The Morgan fingerprint density at radius 3 is 2.97 bits per heavy atom. The van der Waals surface area contributed by atoms with E-state index in [9.17, 15) is 19.7 Å². The maximum absolute atomic E-state index is 14.9. The highest BCUT2D eigenvalue weighted by Gasteiger charge is 2.45. The molecule has 2 fully saturated rings. The van der Waals surface area contributed by atoms with Crippen LogP contribution in [0.25, 0.3) is 11.2 Å². The van der Waals surface area contributed by atoms with Crippen molar-refractivity contribution >= 4 is 28.7 Å². The van der Waals surface area contributed by atoms with Crippen molar-refractivity contribution < 1.29 is 47.7 Å². The molecule has 0 unspecified atom stereocenters. The molecule has 36 heavy (non-hydrogen) atoms. The number of aliphatic hydroxyl groups is 3. The maximum atomic E-state index is 14.9. The zero-order valence-corrected chi connectivity index (χ0v) is 19.5. The highest BCUT2D eigenvalue weighted by molar-refractivity contribution is 7.99. The highest BCUT2D eigenvalue weighted by atomic mass is 32.2. The maximum Gasteiger partial charge on any atom is 0.191 e. The van der Waals surface area contributed by atoms with Gasteiger partial charge < -0.3 is 25.4 Å². The van der Waals surface area contributed by atoms with Gasteiger partial charge in [-0.25, -0.2) is 19.0 Å². The fourth-order valence-electron chi connectivity index (χ4n) is 3.27. The van der Waals surface area contributed by atoms with Crippen LogP contribution in [0.4, 0.5) is 10.2 Å². The SMILES string of the molecule is [2H]c1c([2H])c([C@H]2[C@H](Nc3nc(SC([2H])([2H])C([2H])([2H])C)nc4c3nnn4[C@]3([2H])C([2H])([2H])[C@]([2H])(OCC([2H])([2H])O)[C@@]([2H])(O)[C@@]3([2H])O)C2([2H])[2H])c([2H])c(F)c1C. The Balaban J connectivity index is 1.73. The van der Waals surface area contributed by atoms with Crippen LogP contribution in [0.3, 0.4) is 0 Å². The van der Waals surface area contributed by atoms with E-state index in [1.54, 1.807) is 0 Å². The zero-order chi connectivity index (χ0) is 40.7. The number of thioether (sulfide) groups is 1. The monoisotopic (exact) mass is 535 g/mol. The lowest BCUT2D eigenvalue weighted by molar-refractivity contribution is -0.0629. The number of ether oxygens (including phenoxy) is 1. The molecule has 4 N–H and O–H groups in total. The summed E-state index contributed by atoms with van der Waals surface area (Å²) in [5.74, 6) is -3.27. The molecule has 2 aliphatic rings. The minimum absolute atomic E-state index is 0.0136. The van der Waals surface area contributed by atoms with Crippen LogP contribution >= 0.6 is 11.8 Å². The molecule has 12 heteroatoms. The fourth-order valence-corrected chi connectivity index (χ4v) is 3.73. The smallest absolute Gasteiger partial charge is 0.191 e. The van der Waals surface area contributed by atoms with Crippen molar-refractivity contribution in [2.75, 3.05) is 24.2 Å². The summed E-state index contributed by atoms with van der Waals surface area (Å²) in [6.45, 7) is -2.88. The molecule has 2 aliphatic carbocycles. The Labute approximate surface area is 236 Å². The molecule has 6 atom stereocenters. The predicted molar refractivity (Wildman–Crippen MR) is 133 cm³/mol. The third-order valence-corrected chi connectivity index (χ3v) is 5.73. The average molecular weight is 536 g/mol. The number of benzene rings is 1. The Hall–Kier alpha value is -2.38. The lowest BCUT2D eigenvalue weighted by Crippen LogP contribution is -2.33. The summed E-state index contributed by atoms with van der Waals surface area (Å²) in [4.78, 5) is 8.07. The number of halogens is 1. The zero-order valence-electron chi connectivity index (χ0n) is 35.6. The van der Waals surface area contributed by atoms with Crippen molar-refractivity contribution in [1.82, 2.24) is 25.0 Å². The van der Waals surface area contributed by atoms with Gasteiger partial charge in [0.05, 0.1) is 37.6 Å². The normalized spacial score (nSPS) is 46.7. The first-order chi connectivity index (χ1) is 23.7. The van der Waals surface area contributed by atoms with Crippen molar-refractivity contribution in [2.45, 2.75) is 74.3 Å². The molecular weight excluding hydrogens is 487 g/mol. The number of rotatable bonds is 10. The lowest BCUT2D eigenvalue weighted by Gasteiger charge is -2.17. The van der Waals surface area contributed by atoms with Gasteiger partial charge >= 0.3 is 0 Å². The average Bonchev–Trinajstić information content (AvgIpc) is 3.28. The van der Waals surface area contributed by atoms with E-state index in [1.165, 1.54) is 6.92 Å². The van der Waals surface area contributed by atoms with E-state index in [2.05, 4.69) is 25.6 Å². The van der Waals surface area contributed by atoms with Gasteiger partial charge in [0.1, 0.15) is 18.0 Å². The summed E-state index contributed by atoms with van der Waals surface area (Å²) in [7, 11) is 0. The standard InChI is InChI=1S/C24H31FN6O4S/c1-3-8-36-24-27-22(26-16-10-14(16)13-5-4-12(2)15(25)9-13)19-23(28-24)31(30-29-19)17-11-18(35-7-6-32)21(34)20(17)33/h4-5,9,14,16-18,20-21,32-34H,3,6-8,10-11H2,1-2H3,(H,26,27,28)/t14-,16+,17+,18-,20-,21+/m0/s1/i3D2,4D,5D,6D2,8D2,9D,10D2,11D2,17D,18D,20D,21D. The van der Waals surface area contributed by atoms with E-state index in [0.717, 1.165) is 6.92 Å². The molecule has 0 amide bonds. The number of anilines is 1. The van der Waals surface area contributed by atoms with Crippen LogP contribution in [0.2, 0.25) is 0 Å². The molecule has 5 rings (SSSR count). The first-order valence-corrected chi connectivity index (χ1v) is 11.1. The van der Waals surface area contributed by atoms with Gasteiger partial charge in [0.2, 0.25) is 0 Å². The molecule has 1 aromatic carbocycles. The molecule has 2 aromatic heterocycles. The number of fused-ring (bicyclic) bond motifs is 1. The van der Waals surface area contributed by atoms with Gasteiger partial charge in [-0.3, -0.25) is 0 Å². The van der Waals surface area contributed by atoms with Crippen LogP contribution in [0.1, 0.15) is 72.4 Å². The van der Waals surface area contributed by atoms with Crippen LogP contribution < -0.4 is 5.32 Å². The molecule has 2 saturated carbocycles. The van der Waals surface area contributed by atoms with E-state index in [0.29, 0.717) is 0 Å². The van der Waals surface area contributed by atoms with Crippen molar-refractivity contribution in [2.24, 2.45) is 0 Å². The van der Waals surface area contributed by atoms with Crippen molar-refractivity contribution in [3.63, 3.8) is 0 Å². The van der Waals surface area contributed by atoms with E-state index in [1.807, 2.05) is 0 Å². The van der Waals surface area contributed by atoms with E-state index in [-0.39, 0.29) is 22.0 Å². The lowest BCUT2D eigenvalue weighted by atomic mass is 10.1. The Morgan fingerprint density at radius 2 is 2.19 bits per heavy atom. The van der Waals surface area contributed by atoms with E-state index >= 15 is 0 Å². The second-order valence-electron chi connectivity index (χ2n) is 7.42. The summed E-state index contributed by atoms with van der Waals surface area (Å²) in [5.41, 5.74) is -5.22. The van der Waals surface area contributed by atoms with Crippen molar-refractivity contribution in [1.29, 1.82) is 0 Å². The van der Waals surface area contributed by atoms with E-state index < -0.39 is 126 Å². The Kier molecular flexibility index (Phi) is 3.51. The highest BCUT2D eigenvalue weighted by Crippen LogP contribution is 2.44. The first-order valence-electron chi connectivity index (χ1n) is 18.8. The largest absolute Gasteiger partial charge is 0.394 e. The molecule has 194 valence electrons. The molecule has 10 nitrogen and oxygen atoms in total. The van der Waals surface area contributed by atoms with Crippen LogP contribution in [0.5, 0.6) is 0 Å². The van der Waals surface area contributed by atoms with Gasteiger partial charge in [0.15, 0.2) is 22.1 Å². The van der Waals surface area contributed by atoms with Gasteiger partial charge in [0.25, 0.3) is 0 Å². The van der Waals surface area contributed by atoms with Crippen molar-refractivity contribution in [3.05, 3.63) is 35.1 Å². The molecule has 3 aromatic rings. The fraction of sp³-hybridized carbons (Fsp3) is 0.583. The summed E-state index contributed by atoms with van der Waals surface area (Å²) in [6, 6.07) is -7.53. The second kappa shape index (κ2) is 10.5. The van der Waals surface area contributed by atoms with Gasteiger partial charge in [-0.15, -0.1) is 5.10 Å². The number of nitrogens with zero attached hydrogens (tertiary/aromatic N) is 5. The Morgan fingerprint density at radius 1 is 1.36 bits per heavy atom. The number of hydrogen-bond donors (Lipinski definition) is 4. The predicted octanol–water partition coefficient (Wildman–Crippen LogP) is 2.18. The first kappa shape index (κ1) is 12.0. The minimum atomic E-state index is -4.20. The molecule has 0 spiro atoms. The third kappa shape index (κ3) is 4.92. The van der Waals surface area contributed by atoms with Crippen LogP contribution in [-0.2, 0) is 4.74 Å². The van der Waals surface area contributed by atoms with Gasteiger partial charge in [0, 0.05) is 35.0 Å². The third-order valence-electron chi connectivity index (χ3n) is 5.06. The molecule has 2 heterocycles. The van der Waals surface area contributed by atoms with Crippen LogP contribution in [-0.4, -0.2) is 83.4 Å². The number of nitrogens with one attached hydrogen (secondary N) is 1.